The second kappa shape index (κ2) is 9.71. The molecule has 1 fully saturated rings. The summed E-state index contributed by atoms with van der Waals surface area (Å²) in [6.07, 6.45) is 1.19. The van der Waals surface area contributed by atoms with Gasteiger partial charge in [0.25, 0.3) is 0 Å². The smallest absolute Gasteiger partial charge is 0.144 e. The van der Waals surface area contributed by atoms with Crippen molar-refractivity contribution in [2.45, 2.75) is 13.0 Å². The van der Waals surface area contributed by atoms with Crippen LogP contribution in [0.3, 0.4) is 0 Å². The maximum absolute atomic E-state index is 10.3. The fraction of sp³-hybridized carbons (Fsp3) is 0.421. The molecule has 0 aliphatic carbocycles. The van der Waals surface area contributed by atoms with Gasteiger partial charge < -0.3 is 19.9 Å². The number of benzene rings is 1. The second-order valence-electron chi connectivity index (χ2n) is 6.49. The van der Waals surface area contributed by atoms with Crippen LogP contribution in [0.25, 0.3) is 0 Å². The van der Waals surface area contributed by atoms with E-state index < -0.39 is 6.10 Å². The monoisotopic (exact) mass is 455 g/mol. The van der Waals surface area contributed by atoms with Crippen LogP contribution >= 0.6 is 27.5 Å². The Kier molecular flexibility index (Phi) is 7.32. The molecule has 0 unspecified atom stereocenters. The molecule has 1 aliphatic heterocycles. The summed E-state index contributed by atoms with van der Waals surface area (Å²) in [5.74, 6) is 1.27. The Morgan fingerprint density at radius 1 is 1.37 bits per heavy atom. The van der Waals surface area contributed by atoms with Gasteiger partial charge in [0.1, 0.15) is 24.3 Å². The minimum Gasteiger partial charge on any atom is -0.489 e. The molecule has 0 radical (unpaired) electrons. The molecule has 8 heteroatoms. The average molecular weight is 457 g/mol. The van der Waals surface area contributed by atoms with Gasteiger partial charge in [-0.15, -0.1) is 0 Å². The summed E-state index contributed by atoms with van der Waals surface area (Å²) in [4.78, 5) is 6.56. The standard InChI is InChI=1S/C19H23BrClN3O3/c1-13-8-16(20)19(22-10-13)23-17-9-14(21)2-3-18(17)27-12-15(25)11-24-4-6-26-7-5-24/h2-3,8-10,15,25H,4-7,11-12H2,1H3,(H,22,23)/t15-/m1/s1. The number of rotatable bonds is 7. The molecule has 1 aromatic heterocycles. The molecule has 27 heavy (non-hydrogen) atoms. The number of aryl methyl sites for hydroxylation is 1. The first kappa shape index (κ1) is 20.4. The summed E-state index contributed by atoms with van der Waals surface area (Å²) in [6.45, 7) is 5.80. The van der Waals surface area contributed by atoms with Gasteiger partial charge in [0.15, 0.2) is 0 Å². The molecule has 146 valence electrons. The molecule has 1 aromatic carbocycles. The van der Waals surface area contributed by atoms with Gasteiger partial charge in [-0.2, -0.15) is 0 Å². The number of nitrogens with one attached hydrogen (secondary N) is 1. The Hall–Kier alpha value is -1.38. The molecule has 2 aromatic rings. The zero-order valence-electron chi connectivity index (χ0n) is 15.1. The summed E-state index contributed by atoms with van der Waals surface area (Å²) < 4.78 is 12.0. The highest BCUT2D eigenvalue weighted by Crippen LogP contribution is 2.32. The van der Waals surface area contributed by atoms with E-state index in [1.54, 1.807) is 24.4 Å². The maximum Gasteiger partial charge on any atom is 0.144 e. The topological polar surface area (TPSA) is 66.9 Å². The van der Waals surface area contributed by atoms with E-state index in [1.165, 1.54) is 0 Å². The molecule has 0 bridgehead atoms. The first-order valence-electron chi connectivity index (χ1n) is 8.81. The number of halogens is 2. The van der Waals surface area contributed by atoms with E-state index in [4.69, 9.17) is 21.1 Å². The summed E-state index contributed by atoms with van der Waals surface area (Å²) in [5.41, 5.74) is 1.75. The van der Waals surface area contributed by atoms with Crippen molar-refractivity contribution in [2.75, 3.05) is 44.8 Å². The lowest BCUT2D eigenvalue weighted by atomic mass is 10.2. The molecule has 2 heterocycles. The fourth-order valence-corrected chi connectivity index (χ4v) is 3.53. The van der Waals surface area contributed by atoms with Gasteiger partial charge in [-0.25, -0.2) is 4.98 Å². The van der Waals surface area contributed by atoms with Crippen molar-refractivity contribution in [1.82, 2.24) is 9.88 Å². The molecule has 3 rings (SSSR count). The van der Waals surface area contributed by atoms with Gasteiger partial charge in [-0.3, -0.25) is 4.90 Å². The highest BCUT2D eigenvalue weighted by molar-refractivity contribution is 9.10. The Balaban J connectivity index is 1.64. The van der Waals surface area contributed by atoms with Gasteiger partial charge in [0.05, 0.1) is 23.4 Å². The zero-order valence-corrected chi connectivity index (χ0v) is 17.5. The molecular formula is C19H23BrClN3O3. The van der Waals surface area contributed by atoms with Crippen LogP contribution < -0.4 is 10.1 Å². The number of anilines is 2. The lowest BCUT2D eigenvalue weighted by Crippen LogP contribution is -2.42. The number of ether oxygens (including phenoxy) is 2. The highest BCUT2D eigenvalue weighted by atomic mass is 79.9. The molecule has 1 atom stereocenters. The zero-order chi connectivity index (χ0) is 19.2. The van der Waals surface area contributed by atoms with E-state index in [2.05, 4.69) is 31.1 Å². The van der Waals surface area contributed by atoms with Crippen molar-refractivity contribution >= 4 is 39.0 Å². The minimum atomic E-state index is -0.587. The SMILES string of the molecule is Cc1cnc(Nc2cc(Cl)ccc2OC[C@H](O)CN2CCOCC2)c(Br)c1. The van der Waals surface area contributed by atoms with E-state index in [-0.39, 0.29) is 6.61 Å². The molecule has 1 aliphatic rings. The maximum atomic E-state index is 10.3. The van der Waals surface area contributed by atoms with E-state index >= 15 is 0 Å². The summed E-state index contributed by atoms with van der Waals surface area (Å²) >= 11 is 9.65. The first-order chi connectivity index (χ1) is 13.0. The van der Waals surface area contributed by atoms with Crippen molar-refractivity contribution in [1.29, 1.82) is 0 Å². The lowest BCUT2D eigenvalue weighted by Gasteiger charge is -2.28. The predicted molar refractivity (Wildman–Crippen MR) is 110 cm³/mol. The van der Waals surface area contributed by atoms with Gasteiger partial charge in [-0.1, -0.05) is 11.6 Å². The van der Waals surface area contributed by atoms with E-state index in [0.29, 0.717) is 42.0 Å². The molecule has 6 nitrogen and oxygen atoms in total. The van der Waals surface area contributed by atoms with Crippen LogP contribution in [0.5, 0.6) is 5.75 Å². The molecule has 0 saturated carbocycles. The van der Waals surface area contributed by atoms with Crippen LogP contribution in [0.15, 0.2) is 34.9 Å². The van der Waals surface area contributed by atoms with E-state index in [0.717, 1.165) is 23.1 Å². The van der Waals surface area contributed by atoms with Crippen LogP contribution in [0.4, 0.5) is 11.5 Å². The first-order valence-corrected chi connectivity index (χ1v) is 9.98. The number of aliphatic hydroxyl groups excluding tert-OH is 1. The lowest BCUT2D eigenvalue weighted by molar-refractivity contribution is 0.00473. The highest BCUT2D eigenvalue weighted by Gasteiger charge is 2.16. The summed E-state index contributed by atoms with van der Waals surface area (Å²) in [5, 5.41) is 14.1. The third kappa shape index (κ3) is 6.05. The predicted octanol–water partition coefficient (Wildman–Crippen LogP) is 3.62. The van der Waals surface area contributed by atoms with Gasteiger partial charge in [0, 0.05) is 30.9 Å². The molecule has 0 amide bonds. The molecule has 2 N–H and O–H groups in total. The third-order valence-electron chi connectivity index (χ3n) is 4.18. The number of aliphatic hydroxyl groups is 1. The molecule has 0 spiro atoms. The Morgan fingerprint density at radius 2 is 2.15 bits per heavy atom. The molecular weight excluding hydrogens is 434 g/mol. The van der Waals surface area contributed by atoms with E-state index in [9.17, 15) is 5.11 Å². The van der Waals surface area contributed by atoms with E-state index in [1.807, 2.05) is 13.0 Å². The third-order valence-corrected chi connectivity index (χ3v) is 5.02. The van der Waals surface area contributed by atoms with Crippen LogP contribution in [-0.2, 0) is 4.74 Å². The minimum absolute atomic E-state index is 0.191. The largest absolute Gasteiger partial charge is 0.489 e. The van der Waals surface area contributed by atoms with Gasteiger partial charge in [0.2, 0.25) is 0 Å². The summed E-state index contributed by atoms with van der Waals surface area (Å²) in [7, 11) is 0. The number of nitrogens with zero attached hydrogens (tertiary/aromatic N) is 2. The van der Waals surface area contributed by atoms with Crippen molar-refractivity contribution < 1.29 is 14.6 Å². The number of hydrogen-bond acceptors (Lipinski definition) is 6. The Labute approximate surface area is 172 Å². The van der Waals surface area contributed by atoms with Crippen LogP contribution in [-0.4, -0.2) is 60.5 Å². The summed E-state index contributed by atoms with van der Waals surface area (Å²) in [6, 6.07) is 7.30. The Bertz CT molecular complexity index is 772. The van der Waals surface area contributed by atoms with Crippen molar-refractivity contribution in [3.63, 3.8) is 0 Å². The number of pyridine rings is 1. The Morgan fingerprint density at radius 3 is 2.89 bits per heavy atom. The number of morpholine rings is 1. The number of aromatic nitrogens is 1. The van der Waals surface area contributed by atoms with Crippen LogP contribution in [0.1, 0.15) is 5.56 Å². The number of β-amino-alcohol motifs (C(OH)–C–C–N with tert-alkyl or cyclic N) is 1. The average Bonchev–Trinajstić information content (AvgIpc) is 2.64. The fourth-order valence-electron chi connectivity index (χ4n) is 2.80. The van der Waals surface area contributed by atoms with Crippen molar-refractivity contribution in [3.8, 4) is 5.75 Å². The van der Waals surface area contributed by atoms with Crippen molar-refractivity contribution in [2.24, 2.45) is 0 Å². The second-order valence-corrected chi connectivity index (χ2v) is 7.78. The van der Waals surface area contributed by atoms with Crippen LogP contribution in [0.2, 0.25) is 5.02 Å². The van der Waals surface area contributed by atoms with Gasteiger partial charge in [-0.05, 0) is 52.7 Å². The quantitative estimate of drug-likeness (QED) is 0.663. The molecule has 1 saturated heterocycles. The van der Waals surface area contributed by atoms with Gasteiger partial charge >= 0.3 is 0 Å². The number of hydrogen-bond donors (Lipinski definition) is 2. The van der Waals surface area contributed by atoms with Crippen molar-refractivity contribution in [3.05, 3.63) is 45.5 Å². The van der Waals surface area contributed by atoms with Crippen LogP contribution in [0, 0.1) is 6.92 Å². The normalized spacial score (nSPS) is 16.1.